The topological polar surface area (TPSA) is 50.6 Å². The molecule has 2 aromatic heterocycles. The number of amidine groups is 1. The van der Waals surface area contributed by atoms with Gasteiger partial charge in [-0.1, -0.05) is 49.3 Å². The molecule has 2 aliphatic heterocycles. The molecular formula is C29H33ClN4OS. The Balaban J connectivity index is 1.55. The molecule has 1 aromatic carbocycles. The molecule has 0 spiro atoms. The number of aryl methyl sites for hydroxylation is 2. The van der Waals surface area contributed by atoms with Crippen LogP contribution in [0.25, 0.3) is 21.5 Å². The van der Waals surface area contributed by atoms with Gasteiger partial charge in [-0.15, -0.1) is 0 Å². The number of aromatic nitrogens is 2. The minimum Gasteiger partial charge on any atom is -0.491 e. The van der Waals surface area contributed by atoms with Crippen LogP contribution in [0.3, 0.4) is 0 Å². The minimum absolute atomic E-state index is 0.281. The number of fused-ring (bicyclic) bond motifs is 2. The van der Waals surface area contributed by atoms with Crippen LogP contribution in [-0.4, -0.2) is 33.9 Å². The molecule has 0 saturated carbocycles. The highest BCUT2D eigenvalue weighted by atomic mass is 35.5. The van der Waals surface area contributed by atoms with Crippen LogP contribution in [0.2, 0.25) is 0 Å². The van der Waals surface area contributed by atoms with Crippen molar-refractivity contribution in [2.45, 2.75) is 60.4 Å². The third-order valence-electron chi connectivity index (χ3n) is 6.80. The molecular weight excluding hydrogens is 488 g/mol. The van der Waals surface area contributed by atoms with E-state index in [4.69, 9.17) is 31.3 Å². The monoisotopic (exact) mass is 520 g/mol. The first-order chi connectivity index (χ1) is 17.3. The van der Waals surface area contributed by atoms with Crippen molar-refractivity contribution in [3.63, 3.8) is 0 Å². The number of pyridine rings is 1. The minimum atomic E-state index is 0.281. The van der Waals surface area contributed by atoms with Crippen molar-refractivity contribution in [3.8, 4) is 16.9 Å². The van der Waals surface area contributed by atoms with Crippen molar-refractivity contribution in [2.75, 3.05) is 13.2 Å². The molecule has 0 amide bonds. The van der Waals surface area contributed by atoms with E-state index in [-0.39, 0.29) is 5.92 Å². The molecule has 36 heavy (non-hydrogen) atoms. The first-order valence-electron chi connectivity index (χ1n) is 12.7. The predicted molar refractivity (Wildman–Crippen MR) is 151 cm³/mol. The number of aliphatic imine (C=N–C) groups is 1. The number of thiazole rings is 1. The van der Waals surface area contributed by atoms with E-state index >= 15 is 0 Å². The molecule has 0 unspecified atom stereocenters. The summed E-state index contributed by atoms with van der Waals surface area (Å²) in [4.78, 5) is 17.8. The summed E-state index contributed by atoms with van der Waals surface area (Å²) in [5.74, 6) is 2.21. The quantitative estimate of drug-likeness (QED) is 0.355. The third-order valence-corrected chi connectivity index (χ3v) is 8.32. The summed E-state index contributed by atoms with van der Waals surface area (Å²) in [5, 5.41) is 2.04. The van der Waals surface area contributed by atoms with Gasteiger partial charge in [-0.3, -0.25) is 0 Å². The number of ether oxygens (including phenoxy) is 1. The lowest BCUT2D eigenvalue weighted by Gasteiger charge is -2.29. The maximum absolute atomic E-state index is 6.87. The molecule has 3 aromatic rings. The van der Waals surface area contributed by atoms with Crippen LogP contribution in [0.5, 0.6) is 5.75 Å². The Morgan fingerprint density at radius 3 is 2.75 bits per heavy atom. The van der Waals surface area contributed by atoms with Crippen molar-refractivity contribution < 1.29 is 4.74 Å². The molecule has 7 heteroatoms. The Morgan fingerprint density at radius 2 is 1.97 bits per heavy atom. The van der Waals surface area contributed by atoms with E-state index in [0.717, 1.165) is 85.6 Å². The molecule has 0 atom stereocenters. The van der Waals surface area contributed by atoms with E-state index in [1.807, 2.05) is 12.4 Å². The van der Waals surface area contributed by atoms with Gasteiger partial charge in [0.2, 0.25) is 0 Å². The molecule has 0 saturated heterocycles. The van der Waals surface area contributed by atoms with Gasteiger partial charge in [-0.25, -0.2) is 15.0 Å². The second-order valence-corrected chi connectivity index (χ2v) is 11.5. The lowest BCUT2D eigenvalue weighted by Crippen LogP contribution is -2.35. The fourth-order valence-electron chi connectivity index (χ4n) is 4.93. The highest BCUT2D eigenvalue weighted by molar-refractivity contribution is 7.18. The SMILES string of the molecule is CCc1nc2cc(-c3cc(C)c4c(c3)CN(C3=NC=C(C)CCC(Cl)=C3C(C)C)CCO4)cnc2s1. The first-order valence-corrected chi connectivity index (χ1v) is 13.9. The summed E-state index contributed by atoms with van der Waals surface area (Å²) in [6.45, 7) is 12.8. The molecule has 188 valence electrons. The molecule has 5 nitrogen and oxygen atoms in total. The van der Waals surface area contributed by atoms with E-state index in [1.54, 1.807) is 11.3 Å². The van der Waals surface area contributed by atoms with Crippen molar-refractivity contribution in [2.24, 2.45) is 10.9 Å². The third kappa shape index (κ3) is 4.94. The number of allylic oxidation sites excluding steroid dienone is 2. The average molecular weight is 521 g/mol. The Morgan fingerprint density at radius 1 is 1.14 bits per heavy atom. The average Bonchev–Trinajstić information content (AvgIpc) is 3.14. The van der Waals surface area contributed by atoms with Crippen LogP contribution >= 0.6 is 22.9 Å². The number of rotatable bonds is 3. The van der Waals surface area contributed by atoms with Crippen LogP contribution in [0.1, 0.15) is 56.7 Å². The lowest BCUT2D eigenvalue weighted by atomic mass is 9.96. The molecule has 0 fully saturated rings. The molecule has 4 heterocycles. The summed E-state index contributed by atoms with van der Waals surface area (Å²) in [7, 11) is 0. The Bertz CT molecular complexity index is 1400. The molecule has 2 aliphatic rings. The van der Waals surface area contributed by atoms with Crippen molar-refractivity contribution in [1.82, 2.24) is 14.9 Å². The Labute approximate surface area is 222 Å². The smallest absolute Gasteiger partial charge is 0.143 e. The highest BCUT2D eigenvalue weighted by Crippen LogP contribution is 2.36. The van der Waals surface area contributed by atoms with E-state index < -0.39 is 0 Å². The molecule has 0 N–H and O–H groups in total. The molecule has 0 bridgehead atoms. The largest absolute Gasteiger partial charge is 0.491 e. The van der Waals surface area contributed by atoms with Crippen molar-refractivity contribution >= 4 is 39.1 Å². The van der Waals surface area contributed by atoms with Gasteiger partial charge >= 0.3 is 0 Å². The summed E-state index contributed by atoms with van der Waals surface area (Å²) >= 11 is 8.54. The van der Waals surface area contributed by atoms with E-state index in [1.165, 1.54) is 5.57 Å². The van der Waals surface area contributed by atoms with Gasteiger partial charge in [0, 0.05) is 40.7 Å². The van der Waals surface area contributed by atoms with Crippen molar-refractivity contribution in [1.29, 1.82) is 0 Å². The van der Waals surface area contributed by atoms with Crippen LogP contribution in [0, 0.1) is 12.8 Å². The van der Waals surface area contributed by atoms with Gasteiger partial charge in [-0.05, 0) is 68.4 Å². The normalized spacial score (nSPS) is 16.8. The van der Waals surface area contributed by atoms with Crippen LogP contribution < -0.4 is 4.74 Å². The fourth-order valence-corrected chi connectivity index (χ4v) is 6.15. The number of nitrogens with zero attached hydrogens (tertiary/aromatic N) is 4. The summed E-state index contributed by atoms with van der Waals surface area (Å²) in [6, 6.07) is 6.59. The fraction of sp³-hybridized carbons (Fsp3) is 0.414. The van der Waals surface area contributed by atoms with Crippen LogP contribution in [0.4, 0.5) is 0 Å². The first kappa shape index (κ1) is 25.0. The highest BCUT2D eigenvalue weighted by Gasteiger charge is 2.26. The second kappa shape index (κ2) is 10.3. The van der Waals surface area contributed by atoms with Gasteiger partial charge in [0.05, 0.1) is 11.6 Å². The van der Waals surface area contributed by atoms with Gasteiger partial charge < -0.3 is 9.64 Å². The number of benzene rings is 1. The van der Waals surface area contributed by atoms with Gasteiger partial charge in [-0.2, -0.15) is 0 Å². The number of hydrogen-bond donors (Lipinski definition) is 0. The second-order valence-electron chi connectivity index (χ2n) is 9.96. The molecule has 0 radical (unpaired) electrons. The molecule has 5 rings (SSSR count). The zero-order valence-corrected chi connectivity index (χ0v) is 23.3. The van der Waals surface area contributed by atoms with Crippen LogP contribution in [-0.2, 0) is 13.0 Å². The van der Waals surface area contributed by atoms with E-state index in [2.05, 4.69) is 57.7 Å². The number of hydrogen-bond acceptors (Lipinski definition) is 6. The maximum atomic E-state index is 6.87. The summed E-state index contributed by atoms with van der Waals surface area (Å²) in [5.41, 5.74) is 7.84. The van der Waals surface area contributed by atoms with Crippen LogP contribution in [0.15, 0.2) is 51.8 Å². The number of halogens is 1. The Kier molecular flexibility index (Phi) is 7.18. The Hall–Kier alpha value is -2.70. The summed E-state index contributed by atoms with van der Waals surface area (Å²) < 4.78 is 6.29. The van der Waals surface area contributed by atoms with E-state index in [9.17, 15) is 0 Å². The standard InChI is InChI=1S/C29H33ClN4OS/c1-6-25-33-24-13-21(15-32-29(24)36-25)20-11-19(5)27-22(12-20)16-34(9-10-35-27)28-26(17(2)3)23(30)8-7-18(4)14-31-28/h11-15,17H,6-10,16H2,1-5H3. The maximum Gasteiger partial charge on any atom is 0.143 e. The van der Waals surface area contributed by atoms with Crippen molar-refractivity contribution in [3.05, 3.63) is 62.9 Å². The summed E-state index contributed by atoms with van der Waals surface area (Å²) in [6.07, 6.45) is 6.69. The molecule has 0 aliphatic carbocycles. The lowest BCUT2D eigenvalue weighted by molar-refractivity contribution is 0.288. The zero-order valence-electron chi connectivity index (χ0n) is 21.7. The van der Waals surface area contributed by atoms with E-state index in [0.29, 0.717) is 13.2 Å². The predicted octanol–water partition coefficient (Wildman–Crippen LogP) is 7.67. The van der Waals surface area contributed by atoms with Gasteiger partial charge in [0.15, 0.2) is 0 Å². The van der Waals surface area contributed by atoms with Gasteiger partial charge in [0.25, 0.3) is 0 Å². The zero-order chi connectivity index (χ0) is 25.4. The van der Waals surface area contributed by atoms with Gasteiger partial charge in [0.1, 0.15) is 28.5 Å².